The summed E-state index contributed by atoms with van der Waals surface area (Å²) in [5.41, 5.74) is 0.672. The number of halogens is 2. The van der Waals surface area contributed by atoms with Gasteiger partial charge in [0.1, 0.15) is 11.6 Å². The molecule has 0 aliphatic rings. The molecule has 0 saturated heterocycles. The number of terminal acetylenes is 1. The third-order valence-corrected chi connectivity index (χ3v) is 3.57. The fraction of sp³-hybridized carbons (Fsp3) is 0.158. The Balaban J connectivity index is 1.92. The average molecular weight is 375 g/mol. The second-order valence-corrected chi connectivity index (χ2v) is 5.56. The van der Waals surface area contributed by atoms with Crippen molar-refractivity contribution in [2.24, 2.45) is 0 Å². The van der Waals surface area contributed by atoms with Gasteiger partial charge in [-0.2, -0.15) is 0 Å². The van der Waals surface area contributed by atoms with Crippen molar-refractivity contribution in [3.8, 4) is 18.1 Å². The lowest BCUT2D eigenvalue weighted by molar-refractivity contribution is -0.116. The van der Waals surface area contributed by atoms with Crippen LogP contribution < -0.4 is 15.4 Å². The Morgan fingerprint density at radius 3 is 2.73 bits per heavy atom. The van der Waals surface area contributed by atoms with Crippen molar-refractivity contribution in [1.29, 1.82) is 0 Å². The number of hydrogen-bond acceptors (Lipinski definition) is 3. The van der Waals surface area contributed by atoms with Gasteiger partial charge in [0.2, 0.25) is 5.91 Å². The van der Waals surface area contributed by atoms with Crippen LogP contribution in [0.4, 0.5) is 10.1 Å². The maximum atomic E-state index is 13.0. The number of rotatable bonds is 7. The van der Waals surface area contributed by atoms with Crippen molar-refractivity contribution in [3.05, 3.63) is 58.9 Å². The minimum absolute atomic E-state index is 0.0218. The van der Waals surface area contributed by atoms with Gasteiger partial charge in [-0.25, -0.2) is 4.39 Å². The second-order valence-electron chi connectivity index (χ2n) is 5.15. The number of ether oxygens (including phenoxy) is 1. The van der Waals surface area contributed by atoms with Crippen LogP contribution in [0.2, 0.25) is 5.02 Å². The van der Waals surface area contributed by atoms with Gasteiger partial charge < -0.3 is 15.4 Å². The van der Waals surface area contributed by atoms with Gasteiger partial charge in [-0.3, -0.25) is 9.59 Å². The number of carbonyl (C=O) groups is 2. The van der Waals surface area contributed by atoms with Crippen LogP contribution in [0, 0.1) is 18.2 Å². The number of amides is 2. The summed E-state index contributed by atoms with van der Waals surface area (Å²) in [6.45, 7) is 0.135. The standard InChI is InChI=1S/C19H16ClFN2O3/c1-2-10-22-19(25)14-5-3-4-6-16(14)23-18(24)9-11-26-17-8-7-13(21)12-15(17)20/h1,3-8,12H,9-11H2,(H,22,25)(H,23,24). The largest absolute Gasteiger partial charge is 0.491 e. The molecule has 0 aliphatic carbocycles. The van der Waals surface area contributed by atoms with Crippen LogP contribution in [-0.4, -0.2) is 25.0 Å². The first-order valence-corrected chi connectivity index (χ1v) is 8.07. The van der Waals surface area contributed by atoms with E-state index in [1.165, 1.54) is 12.1 Å². The molecule has 0 heterocycles. The molecule has 0 bridgehead atoms. The van der Waals surface area contributed by atoms with Gasteiger partial charge in [0, 0.05) is 0 Å². The highest BCUT2D eigenvalue weighted by Gasteiger charge is 2.13. The maximum absolute atomic E-state index is 13.0. The van der Waals surface area contributed by atoms with E-state index in [1.54, 1.807) is 24.3 Å². The summed E-state index contributed by atoms with van der Waals surface area (Å²) in [6.07, 6.45) is 5.14. The Labute approximate surface area is 155 Å². The van der Waals surface area contributed by atoms with E-state index in [0.717, 1.165) is 6.07 Å². The molecule has 0 unspecified atom stereocenters. The van der Waals surface area contributed by atoms with E-state index in [-0.39, 0.29) is 42.2 Å². The Kier molecular flexibility index (Phi) is 7.01. The molecule has 0 atom stereocenters. The van der Waals surface area contributed by atoms with Crippen LogP contribution >= 0.6 is 11.6 Å². The summed E-state index contributed by atoms with van der Waals surface area (Å²) in [5, 5.41) is 5.32. The minimum Gasteiger partial charge on any atom is -0.491 e. The molecule has 134 valence electrons. The molecular weight excluding hydrogens is 359 g/mol. The maximum Gasteiger partial charge on any atom is 0.254 e. The second kappa shape index (κ2) is 9.44. The molecule has 0 aromatic heterocycles. The zero-order valence-corrected chi connectivity index (χ0v) is 14.5. The zero-order chi connectivity index (χ0) is 18.9. The number of para-hydroxylation sites is 1. The molecule has 0 fully saturated rings. The molecule has 2 amide bonds. The highest BCUT2D eigenvalue weighted by Crippen LogP contribution is 2.25. The Bertz CT molecular complexity index is 849. The van der Waals surface area contributed by atoms with Gasteiger partial charge >= 0.3 is 0 Å². The van der Waals surface area contributed by atoms with Crippen molar-refractivity contribution >= 4 is 29.1 Å². The van der Waals surface area contributed by atoms with Crippen LogP contribution in [0.25, 0.3) is 0 Å². The van der Waals surface area contributed by atoms with E-state index in [0.29, 0.717) is 11.3 Å². The van der Waals surface area contributed by atoms with E-state index in [4.69, 9.17) is 22.8 Å². The molecule has 2 rings (SSSR count). The van der Waals surface area contributed by atoms with Gasteiger partial charge in [-0.1, -0.05) is 29.7 Å². The number of carbonyl (C=O) groups excluding carboxylic acids is 2. The predicted octanol–water partition coefficient (Wildman–Crippen LogP) is 3.25. The predicted molar refractivity (Wildman–Crippen MR) is 97.8 cm³/mol. The lowest BCUT2D eigenvalue weighted by atomic mass is 10.1. The van der Waals surface area contributed by atoms with Crippen LogP contribution in [-0.2, 0) is 4.79 Å². The third kappa shape index (κ3) is 5.50. The molecule has 0 saturated carbocycles. The molecule has 0 aliphatic heterocycles. The summed E-state index contributed by atoms with van der Waals surface area (Å²) in [4.78, 5) is 24.1. The highest BCUT2D eigenvalue weighted by atomic mass is 35.5. The minimum atomic E-state index is -0.472. The molecule has 0 spiro atoms. The fourth-order valence-electron chi connectivity index (χ4n) is 2.08. The Morgan fingerprint density at radius 1 is 1.23 bits per heavy atom. The number of nitrogens with one attached hydrogen (secondary N) is 2. The molecule has 5 nitrogen and oxygen atoms in total. The smallest absolute Gasteiger partial charge is 0.254 e. The van der Waals surface area contributed by atoms with E-state index in [9.17, 15) is 14.0 Å². The van der Waals surface area contributed by atoms with Crippen molar-refractivity contribution < 1.29 is 18.7 Å². The molecule has 2 aromatic rings. The van der Waals surface area contributed by atoms with Crippen molar-refractivity contribution in [3.63, 3.8) is 0 Å². The van der Waals surface area contributed by atoms with Gasteiger partial charge in [-0.05, 0) is 30.3 Å². The highest BCUT2D eigenvalue weighted by molar-refractivity contribution is 6.32. The Morgan fingerprint density at radius 2 is 2.00 bits per heavy atom. The van der Waals surface area contributed by atoms with Gasteiger partial charge in [0.15, 0.2) is 0 Å². The Hall–Kier alpha value is -3.04. The lowest BCUT2D eigenvalue weighted by Gasteiger charge is -2.11. The van der Waals surface area contributed by atoms with Gasteiger partial charge in [0.25, 0.3) is 5.91 Å². The first kappa shape index (κ1) is 19.3. The van der Waals surface area contributed by atoms with Crippen LogP contribution in [0.5, 0.6) is 5.75 Å². The number of benzene rings is 2. The topological polar surface area (TPSA) is 67.4 Å². The summed E-state index contributed by atoms with van der Waals surface area (Å²) < 4.78 is 18.3. The van der Waals surface area contributed by atoms with Gasteiger partial charge in [0.05, 0.1) is 35.8 Å². The number of hydrogen-bond donors (Lipinski definition) is 2. The molecule has 7 heteroatoms. The first-order valence-electron chi connectivity index (χ1n) is 7.69. The average Bonchev–Trinajstić information content (AvgIpc) is 2.62. The SMILES string of the molecule is C#CCNC(=O)c1ccccc1NC(=O)CCOc1ccc(F)cc1Cl. The molecule has 2 N–H and O–H groups in total. The summed E-state index contributed by atoms with van der Waals surface area (Å²) in [5.74, 6) is 1.40. The quantitative estimate of drug-likeness (QED) is 0.731. The normalized spacial score (nSPS) is 9.88. The lowest BCUT2D eigenvalue weighted by Crippen LogP contribution is -2.25. The number of anilines is 1. The molecule has 0 radical (unpaired) electrons. The van der Waals surface area contributed by atoms with Gasteiger partial charge in [-0.15, -0.1) is 6.42 Å². The summed E-state index contributed by atoms with van der Waals surface area (Å²) >= 11 is 5.85. The first-order chi connectivity index (χ1) is 12.5. The molecule has 2 aromatic carbocycles. The van der Waals surface area contributed by atoms with Crippen LogP contribution in [0.1, 0.15) is 16.8 Å². The van der Waals surface area contributed by atoms with Crippen molar-refractivity contribution in [1.82, 2.24) is 5.32 Å². The van der Waals surface area contributed by atoms with E-state index < -0.39 is 5.82 Å². The van der Waals surface area contributed by atoms with Crippen LogP contribution in [0.3, 0.4) is 0 Å². The molecule has 26 heavy (non-hydrogen) atoms. The zero-order valence-electron chi connectivity index (χ0n) is 13.7. The summed E-state index contributed by atoms with van der Waals surface area (Å²) in [7, 11) is 0. The third-order valence-electron chi connectivity index (χ3n) is 3.28. The van der Waals surface area contributed by atoms with Crippen LogP contribution in [0.15, 0.2) is 42.5 Å². The van der Waals surface area contributed by atoms with Crippen molar-refractivity contribution in [2.75, 3.05) is 18.5 Å². The van der Waals surface area contributed by atoms with E-state index in [2.05, 4.69) is 16.6 Å². The fourth-order valence-corrected chi connectivity index (χ4v) is 2.30. The van der Waals surface area contributed by atoms with Crippen molar-refractivity contribution in [2.45, 2.75) is 6.42 Å². The molecular formula is C19H16ClFN2O3. The van der Waals surface area contributed by atoms with E-state index >= 15 is 0 Å². The monoisotopic (exact) mass is 374 g/mol. The summed E-state index contributed by atoms with van der Waals surface area (Å²) in [6, 6.07) is 10.3. The van der Waals surface area contributed by atoms with E-state index in [1.807, 2.05) is 0 Å².